The lowest BCUT2D eigenvalue weighted by Gasteiger charge is -2.34. The normalized spacial score (nSPS) is 14.4. The first kappa shape index (κ1) is 24.8. The number of aryl methyl sites for hydroxylation is 1. The zero-order chi connectivity index (χ0) is 24.8. The second-order valence-corrected chi connectivity index (χ2v) is 9.84. The molecule has 1 N–H and O–H groups in total. The van der Waals surface area contributed by atoms with Crippen molar-refractivity contribution in [2.45, 2.75) is 51.1 Å². The molecule has 184 valence electrons. The van der Waals surface area contributed by atoms with E-state index in [0.717, 1.165) is 41.7 Å². The molecule has 35 heavy (non-hydrogen) atoms. The lowest BCUT2D eigenvalue weighted by molar-refractivity contribution is -0.127. The van der Waals surface area contributed by atoms with Crippen LogP contribution >= 0.6 is 11.3 Å². The summed E-state index contributed by atoms with van der Waals surface area (Å²) >= 11 is 1.52. The predicted octanol–water partition coefficient (Wildman–Crippen LogP) is 5.45. The standard InChI is InChI=1S/C28H32N2O4S/c1-19-9-4-7-13-23(19)27(28(32)29-20-10-5-6-11-20)30(26(31)18-22-12-8-16-35-22)24-17-21(33-2)14-15-25(24)34-3/h4,7-9,12-17,20,27H,5-6,10-11,18H2,1-3H3,(H,29,32)/t27-/m0/s1. The third kappa shape index (κ3) is 5.68. The van der Waals surface area contributed by atoms with E-state index in [1.165, 1.54) is 11.3 Å². The van der Waals surface area contributed by atoms with Crippen molar-refractivity contribution in [3.05, 3.63) is 76.0 Å². The fourth-order valence-electron chi connectivity index (χ4n) is 4.69. The molecule has 1 heterocycles. The summed E-state index contributed by atoms with van der Waals surface area (Å²) in [5.74, 6) is 0.705. The molecule has 0 unspecified atom stereocenters. The van der Waals surface area contributed by atoms with Gasteiger partial charge >= 0.3 is 0 Å². The molecule has 7 heteroatoms. The van der Waals surface area contributed by atoms with Crippen molar-refractivity contribution in [1.29, 1.82) is 0 Å². The Morgan fingerprint density at radius 2 is 1.83 bits per heavy atom. The van der Waals surface area contributed by atoms with Crippen LogP contribution in [0.5, 0.6) is 11.5 Å². The Labute approximate surface area is 210 Å². The van der Waals surface area contributed by atoms with E-state index in [1.54, 1.807) is 37.3 Å². The van der Waals surface area contributed by atoms with Gasteiger partial charge in [-0.05, 0) is 54.5 Å². The first-order valence-electron chi connectivity index (χ1n) is 11.9. The molecule has 1 aliphatic carbocycles. The summed E-state index contributed by atoms with van der Waals surface area (Å²) in [5, 5.41) is 5.18. The summed E-state index contributed by atoms with van der Waals surface area (Å²) < 4.78 is 11.1. The van der Waals surface area contributed by atoms with Crippen LogP contribution in [0.4, 0.5) is 5.69 Å². The Morgan fingerprint density at radius 3 is 2.49 bits per heavy atom. The predicted molar refractivity (Wildman–Crippen MR) is 139 cm³/mol. The molecular weight excluding hydrogens is 460 g/mol. The van der Waals surface area contributed by atoms with Gasteiger partial charge in [0.25, 0.3) is 0 Å². The van der Waals surface area contributed by atoms with E-state index in [2.05, 4.69) is 5.32 Å². The average Bonchev–Trinajstić information content (AvgIpc) is 3.57. The highest BCUT2D eigenvalue weighted by Gasteiger charge is 2.36. The van der Waals surface area contributed by atoms with Crippen LogP contribution in [0.1, 0.15) is 47.7 Å². The number of amides is 2. The largest absolute Gasteiger partial charge is 0.497 e. The van der Waals surface area contributed by atoms with Crippen LogP contribution in [0, 0.1) is 6.92 Å². The quantitative estimate of drug-likeness (QED) is 0.431. The zero-order valence-corrected chi connectivity index (χ0v) is 21.3. The maximum Gasteiger partial charge on any atom is 0.248 e. The number of methoxy groups -OCH3 is 2. The van der Waals surface area contributed by atoms with Gasteiger partial charge in [-0.1, -0.05) is 43.2 Å². The fraction of sp³-hybridized carbons (Fsp3) is 0.357. The van der Waals surface area contributed by atoms with E-state index in [-0.39, 0.29) is 24.3 Å². The highest BCUT2D eigenvalue weighted by atomic mass is 32.1. The maximum absolute atomic E-state index is 14.0. The molecule has 3 aromatic rings. The highest BCUT2D eigenvalue weighted by Crippen LogP contribution is 2.39. The molecule has 1 aliphatic rings. The van der Waals surface area contributed by atoms with Crippen LogP contribution in [0.15, 0.2) is 60.0 Å². The Kier molecular flexibility index (Phi) is 8.08. The molecular formula is C28H32N2O4S. The van der Waals surface area contributed by atoms with E-state index >= 15 is 0 Å². The Bertz CT molecular complexity index is 1160. The number of ether oxygens (including phenoxy) is 2. The Hall–Kier alpha value is -3.32. The van der Waals surface area contributed by atoms with Crippen LogP contribution in [0.25, 0.3) is 0 Å². The number of hydrogen-bond acceptors (Lipinski definition) is 5. The Morgan fingerprint density at radius 1 is 1.06 bits per heavy atom. The van der Waals surface area contributed by atoms with E-state index in [1.807, 2.05) is 48.7 Å². The van der Waals surface area contributed by atoms with Gasteiger partial charge in [0.1, 0.15) is 17.5 Å². The summed E-state index contributed by atoms with van der Waals surface area (Å²) in [6.45, 7) is 1.97. The topological polar surface area (TPSA) is 67.9 Å². The summed E-state index contributed by atoms with van der Waals surface area (Å²) in [6.07, 6.45) is 4.29. The molecule has 1 saturated carbocycles. The van der Waals surface area contributed by atoms with E-state index in [9.17, 15) is 9.59 Å². The minimum atomic E-state index is -0.856. The van der Waals surface area contributed by atoms with Crippen molar-refractivity contribution in [2.24, 2.45) is 0 Å². The minimum absolute atomic E-state index is 0.121. The van der Waals surface area contributed by atoms with Gasteiger partial charge < -0.3 is 14.8 Å². The lowest BCUT2D eigenvalue weighted by atomic mass is 9.97. The van der Waals surface area contributed by atoms with Crippen molar-refractivity contribution in [3.63, 3.8) is 0 Å². The van der Waals surface area contributed by atoms with Gasteiger partial charge in [0.05, 0.1) is 26.3 Å². The van der Waals surface area contributed by atoms with Gasteiger partial charge in [-0.15, -0.1) is 11.3 Å². The number of carbonyl (C=O) groups excluding carboxylic acids is 2. The zero-order valence-electron chi connectivity index (χ0n) is 20.5. The van der Waals surface area contributed by atoms with Crippen LogP contribution in [0.2, 0.25) is 0 Å². The number of nitrogens with zero attached hydrogens (tertiary/aromatic N) is 1. The van der Waals surface area contributed by atoms with Gasteiger partial charge in [0.2, 0.25) is 11.8 Å². The van der Waals surface area contributed by atoms with E-state index in [0.29, 0.717) is 17.2 Å². The molecule has 1 fully saturated rings. The van der Waals surface area contributed by atoms with Crippen molar-refractivity contribution in [3.8, 4) is 11.5 Å². The minimum Gasteiger partial charge on any atom is -0.497 e. The third-order valence-corrected chi connectivity index (χ3v) is 7.39. The smallest absolute Gasteiger partial charge is 0.248 e. The summed E-state index contributed by atoms with van der Waals surface area (Å²) in [6, 6.07) is 16.2. The fourth-order valence-corrected chi connectivity index (χ4v) is 5.39. The molecule has 0 bridgehead atoms. The molecule has 1 aromatic heterocycles. The molecule has 2 amide bonds. The van der Waals surface area contributed by atoms with Gasteiger partial charge in [-0.25, -0.2) is 0 Å². The molecule has 1 atom stereocenters. The summed E-state index contributed by atoms with van der Waals surface area (Å²) in [5.41, 5.74) is 2.23. The van der Waals surface area contributed by atoms with Gasteiger partial charge in [-0.2, -0.15) is 0 Å². The number of thiophene rings is 1. The molecule has 6 nitrogen and oxygen atoms in total. The second kappa shape index (κ2) is 11.4. The van der Waals surface area contributed by atoms with Crippen LogP contribution < -0.4 is 19.7 Å². The van der Waals surface area contributed by atoms with Crippen molar-refractivity contribution in [2.75, 3.05) is 19.1 Å². The third-order valence-electron chi connectivity index (χ3n) is 6.51. The van der Waals surface area contributed by atoms with E-state index < -0.39 is 6.04 Å². The Balaban J connectivity index is 1.86. The highest BCUT2D eigenvalue weighted by molar-refractivity contribution is 7.10. The van der Waals surface area contributed by atoms with E-state index in [4.69, 9.17) is 9.47 Å². The molecule has 0 spiro atoms. The molecule has 0 aliphatic heterocycles. The summed E-state index contributed by atoms with van der Waals surface area (Å²) in [7, 11) is 3.14. The van der Waals surface area contributed by atoms with Gasteiger partial charge in [0, 0.05) is 17.0 Å². The number of rotatable bonds is 9. The maximum atomic E-state index is 14.0. The number of nitrogens with one attached hydrogen (secondary N) is 1. The number of anilines is 1. The van der Waals surface area contributed by atoms with Crippen molar-refractivity contribution >= 4 is 28.8 Å². The lowest BCUT2D eigenvalue weighted by Crippen LogP contribution is -2.47. The number of carbonyl (C=O) groups is 2. The number of benzene rings is 2. The molecule has 0 saturated heterocycles. The van der Waals surface area contributed by atoms with Gasteiger partial charge in [-0.3, -0.25) is 14.5 Å². The monoisotopic (exact) mass is 492 g/mol. The van der Waals surface area contributed by atoms with Crippen molar-refractivity contribution < 1.29 is 19.1 Å². The molecule has 0 radical (unpaired) electrons. The van der Waals surface area contributed by atoms with Crippen LogP contribution in [-0.4, -0.2) is 32.1 Å². The van der Waals surface area contributed by atoms with Crippen LogP contribution in [-0.2, 0) is 16.0 Å². The first-order chi connectivity index (χ1) is 17.0. The second-order valence-electron chi connectivity index (χ2n) is 8.81. The SMILES string of the molecule is COc1ccc(OC)c(N(C(=O)Cc2cccs2)[C@H](C(=O)NC2CCCC2)c2ccccc2C)c1. The van der Waals surface area contributed by atoms with Crippen LogP contribution in [0.3, 0.4) is 0 Å². The van der Waals surface area contributed by atoms with Gasteiger partial charge in [0.15, 0.2) is 0 Å². The molecule has 4 rings (SSSR count). The number of hydrogen-bond donors (Lipinski definition) is 1. The first-order valence-corrected chi connectivity index (χ1v) is 12.8. The molecule has 2 aromatic carbocycles. The van der Waals surface area contributed by atoms with Crippen molar-refractivity contribution in [1.82, 2.24) is 5.32 Å². The summed E-state index contributed by atoms with van der Waals surface area (Å²) in [4.78, 5) is 30.5. The average molecular weight is 493 g/mol.